The first-order chi connectivity index (χ1) is 12.0. The molecule has 1 aromatic carbocycles. The summed E-state index contributed by atoms with van der Waals surface area (Å²) in [6, 6.07) is 7.08. The van der Waals surface area contributed by atoms with Crippen molar-refractivity contribution in [3.63, 3.8) is 0 Å². The fourth-order valence-electron chi connectivity index (χ4n) is 3.81. The van der Waals surface area contributed by atoms with E-state index in [-0.39, 0.29) is 24.3 Å². The minimum Gasteiger partial charge on any atom is -0.325 e. The van der Waals surface area contributed by atoms with Gasteiger partial charge in [-0.25, -0.2) is 4.79 Å². The molecule has 1 saturated carbocycles. The molecule has 1 heterocycles. The zero-order chi connectivity index (χ0) is 18.0. The number of imide groups is 1. The van der Waals surface area contributed by atoms with Crippen molar-refractivity contribution in [3.8, 4) is 0 Å². The molecule has 2 N–H and O–H groups in total. The Morgan fingerprint density at radius 1 is 1.28 bits per heavy atom. The highest BCUT2D eigenvalue weighted by Crippen LogP contribution is 2.38. The Morgan fingerprint density at radius 3 is 2.64 bits per heavy atom. The molecule has 2 fully saturated rings. The Bertz CT molecular complexity index is 686. The van der Waals surface area contributed by atoms with Crippen molar-refractivity contribution in [2.45, 2.75) is 51.5 Å². The van der Waals surface area contributed by atoms with Crippen LogP contribution in [0.25, 0.3) is 0 Å². The Balaban J connectivity index is 1.66. The number of anilines is 1. The number of hydrogen-bond donors (Lipinski definition) is 2. The lowest BCUT2D eigenvalue weighted by Gasteiger charge is -2.36. The first-order valence-electron chi connectivity index (χ1n) is 8.99. The van der Waals surface area contributed by atoms with Gasteiger partial charge in [-0.05, 0) is 42.9 Å². The summed E-state index contributed by atoms with van der Waals surface area (Å²) in [5.41, 5.74) is 1.02. The number of urea groups is 1. The molecular formula is C19H25N3O3. The molecule has 1 spiro atoms. The summed E-state index contributed by atoms with van der Waals surface area (Å²) in [7, 11) is 0. The van der Waals surface area contributed by atoms with Crippen molar-refractivity contribution in [2.75, 3.05) is 11.9 Å². The van der Waals surface area contributed by atoms with Crippen LogP contribution in [-0.4, -0.2) is 34.8 Å². The number of carbonyl (C=O) groups excluding carboxylic acids is 3. The zero-order valence-corrected chi connectivity index (χ0v) is 14.8. The second-order valence-electron chi connectivity index (χ2n) is 7.04. The van der Waals surface area contributed by atoms with E-state index < -0.39 is 11.6 Å². The lowest BCUT2D eigenvalue weighted by molar-refractivity contribution is -0.136. The van der Waals surface area contributed by atoms with E-state index in [1.54, 1.807) is 0 Å². The van der Waals surface area contributed by atoms with Gasteiger partial charge in [-0.15, -0.1) is 0 Å². The number of aryl methyl sites for hydroxylation is 1. The van der Waals surface area contributed by atoms with Gasteiger partial charge in [0.25, 0.3) is 5.91 Å². The van der Waals surface area contributed by atoms with E-state index in [0.29, 0.717) is 12.1 Å². The first kappa shape index (κ1) is 17.5. The number of hydrogen-bond acceptors (Lipinski definition) is 3. The van der Waals surface area contributed by atoms with Crippen LogP contribution >= 0.6 is 0 Å². The van der Waals surface area contributed by atoms with Crippen LogP contribution in [0.5, 0.6) is 0 Å². The highest BCUT2D eigenvalue weighted by Gasteiger charge is 2.55. The van der Waals surface area contributed by atoms with Gasteiger partial charge in [0.1, 0.15) is 12.1 Å². The van der Waals surface area contributed by atoms with Crippen molar-refractivity contribution in [3.05, 3.63) is 29.8 Å². The fourth-order valence-corrected chi connectivity index (χ4v) is 3.81. The molecule has 1 saturated heterocycles. The van der Waals surface area contributed by atoms with E-state index in [2.05, 4.69) is 17.6 Å². The second-order valence-corrected chi connectivity index (χ2v) is 7.04. The first-order valence-corrected chi connectivity index (χ1v) is 8.99. The van der Waals surface area contributed by atoms with Crippen molar-refractivity contribution in [2.24, 2.45) is 5.92 Å². The minimum atomic E-state index is -0.821. The predicted octanol–water partition coefficient (Wildman–Crippen LogP) is 2.69. The van der Waals surface area contributed by atoms with Crippen LogP contribution in [0.1, 0.15) is 45.1 Å². The van der Waals surface area contributed by atoms with Crippen LogP contribution in [0.3, 0.4) is 0 Å². The number of nitrogens with one attached hydrogen (secondary N) is 2. The minimum absolute atomic E-state index is 0.0901. The van der Waals surface area contributed by atoms with Crippen molar-refractivity contribution in [1.29, 1.82) is 0 Å². The Labute approximate surface area is 148 Å². The van der Waals surface area contributed by atoms with E-state index >= 15 is 0 Å². The third-order valence-electron chi connectivity index (χ3n) is 5.45. The summed E-state index contributed by atoms with van der Waals surface area (Å²) in [5, 5.41) is 5.61. The maximum absolute atomic E-state index is 12.8. The standard InChI is InChI=1S/C19H25N3O3/c1-3-14-7-9-15(10-8-14)20-16(23)12-22-17(24)19(21-18(22)25)11-5-4-6-13(19)2/h7-10,13H,3-6,11-12H2,1-2H3,(H,20,23)(H,21,25)/t13-,19-/m0/s1. The summed E-state index contributed by atoms with van der Waals surface area (Å²) >= 11 is 0. The van der Waals surface area contributed by atoms with E-state index in [4.69, 9.17) is 0 Å². The van der Waals surface area contributed by atoms with Gasteiger partial charge in [-0.2, -0.15) is 0 Å². The van der Waals surface area contributed by atoms with Gasteiger partial charge in [-0.3, -0.25) is 14.5 Å². The smallest absolute Gasteiger partial charge is 0.325 e. The lowest BCUT2D eigenvalue weighted by atomic mass is 9.73. The van der Waals surface area contributed by atoms with Crippen molar-refractivity contribution < 1.29 is 14.4 Å². The quantitative estimate of drug-likeness (QED) is 0.825. The molecule has 0 aromatic heterocycles. The average Bonchev–Trinajstić information content (AvgIpc) is 2.83. The van der Waals surface area contributed by atoms with E-state index in [1.165, 1.54) is 5.56 Å². The van der Waals surface area contributed by atoms with E-state index in [0.717, 1.165) is 30.6 Å². The molecule has 2 aliphatic rings. The van der Waals surface area contributed by atoms with Crippen molar-refractivity contribution >= 4 is 23.5 Å². The van der Waals surface area contributed by atoms with Crippen LogP contribution in [0, 0.1) is 5.92 Å². The van der Waals surface area contributed by atoms with Crippen LogP contribution < -0.4 is 10.6 Å². The summed E-state index contributed by atoms with van der Waals surface area (Å²) in [6.45, 7) is 3.80. The number of nitrogens with zero attached hydrogens (tertiary/aromatic N) is 1. The van der Waals surface area contributed by atoms with Gasteiger partial charge in [0, 0.05) is 5.69 Å². The Morgan fingerprint density at radius 2 is 2.00 bits per heavy atom. The fraction of sp³-hybridized carbons (Fsp3) is 0.526. The third kappa shape index (κ3) is 3.25. The molecule has 0 bridgehead atoms. The molecule has 6 heteroatoms. The average molecular weight is 343 g/mol. The lowest BCUT2D eigenvalue weighted by Crippen LogP contribution is -2.54. The van der Waals surface area contributed by atoms with Crippen LogP contribution in [0.4, 0.5) is 10.5 Å². The van der Waals surface area contributed by atoms with Crippen LogP contribution in [0.15, 0.2) is 24.3 Å². The molecule has 25 heavy (non-hydrogen) atoms. The normalized spacial score (nSPS) is 26.0. The van der Waals surface area contributed by atoms with Gasteiger partial charge < -0.3 is 10.6 Å². The topological polar surface area (TPSA) is 78.5 Å². The predicted molar refractivity (Wildman–Crippen MR) is 95.1 cm³/mol. The van der Waals surface area contributed by atoms with Crippen LogP contribution in [-0.2, 0) is 16.0 Å². The molecule has 4 amide bonds. The highest BCUT2D eigenvalue weighted by atomic mass is 16.2. The molecule has 6 nitrogen and oxygen atoms in total. The van der Waals surface area contributed by atoms with E-state index in [9.17, 15) is 14.4 Å². The molecule has 0 unspecified atom stereocenters. The maximum atomic E-state index is 12.8. The van der Waals surface area contributed by atoms with Gasteiger partial charge in [0.2, 0.25) is 5.91 Å². The molecular weight excluding hydrogens is 318 g/mol. The molecule has 1 aliphatic heterocycles. The molecule has 134 valence electrons. The monoisotopic (exact) mass is 343 g/mol. The third-order valence-corrected chi connectivity index (χ3v) is 5.45. The Kier molecular flexibility index (Phi) is 4.79. The van der Waals surface area contributed by atoms with Gasteiger partial charge >= 0.3 is 6.03 Å². The molecule has 1 aromatic rings. The molecule has 0 radical (unpaired) electrons. The number of carbonyl (C=O) groups is 3. The highest BCUT2D eigenvalue weighted by molar-refractivity contribution is 6.10. The SMILES string of the molecule is CCc1ccc(NC(=O)CN2C(=O)N[C@]3(CCCC[C@@H]3C)C2=O)cc1. The summed E-state index contributed by atoms with van der Waals surface area (Å²) in [4.78, 5) is 38.5. The number of benzene rings is 1. The van der Waals surface area contributed by atoms with E-state index in [1.807, 2.05) is 31.2 Å². The zero-order valence-electron chi connectivity index (χ0n) is 14.8. The second kappa shape index (κ2) is 6.86. The van der Waals surface area contributed by atoms with Gasteiger partial charge in [-0.1, -0.05) is 38.8 Å². The largest absolute Gasteiger partial charge is 0.325 e. The van der Waals surface area contributed by atoms with Crippen LogP contribution in [0.2, 0.25) is 0 Å². The molecule has 2 atom stereocenters. The Hall–Kier alpha value is -2.37. The van der Waals surface area contributed by atoms with Crippen molar-refractivity contribution in [1.82, 2.24) is 10.2 Å². The summed E-state index contributed by atoms with van der Waals surface area (Å²) < 4.78 is 0. The maximum Gasteiger partial charge on any atom is 0.325 e. The molecule has 1 aliphatic carbocycles. The summed E-state index contributed by atoms with van der Waals surface area (Å²) in [6.07, 6.45) is 4.47. The number of rotatable bonds is 4. The van der Waals surface area contributed by atoms with Gasteiger partial charge in [0.05, 0.1) is 0 Å². The number of amides is 4. The molecule has 3 rings (SSSR count). The van der Waals surface area contributed by atoms with Gasteiger partial charge in [0.15, 0.2) is 0 Å². The summed E-state index contributed by atoms with van der Waals surface area (Å²) in [5.74, 6) is -0.540.